The highest BCUT2D eigenvalue weighted by molar-refractivity contribution is 6.30. The number of rotatable bonds is 1. The highest BCUT2D eigenvalue weighted by Crippen LogP contribution is 2.22. The van der Waals surface area contributed by atoms with Gasteiger partial charge in [-0.3, -0.25) is 4.57 Å². The second-order valence-electron chi connectivity index (χ2n) is 4.05. The summed E-state index contributed by atoms with van der Waals surface area (Å²) in [5.41, 5.74) is 2.53. The summed E-state index contributed by atoms with van der Waals surface area (Å²) in [5, 5.41) is 0.665. The highest BCUT2D eigenvalue weighted by atomic mass is 35.5. The van der Waals surface area contributed by atoms with Crippen LogP contribution in [0, 0.1) is 0 Å². The Kier molecular flexibility index (Phi) is 2.40. The maximum Gasteiger partial charge on any atom is 0.138 e. The van der Waals surface area contributed by atoms with Crippen LogP contribution in [0.5, 0.6) is 0 Å². The van der Waals surface area contributed by atoms with E-state index in [0.717, 1.165) is 18.7 Å². The third-order valence-corrected chi connectivity index (χ3v) is 3.21. The fourth-order valence-corrected chi connectivity index (χ4v) is 2.29. The number of halogens is 1. The lowest BCUT2D eigenvalue weighted by atomic mass is 10.0. The molecule has 0 N–H and O–H groups in total. The summed E-state index contributed by atoms with van der Waals surface area (Å²) in [6.07, 6.45) is 8.22. The Bertz CT molecular complexity index is 501. The number of aromatic nitrogens is 3. The van der Waals surface area contributed by atoms with Gasteiger partial charge in [0.05, 0.1) is 10.7 Å². The summed E-state index contributed by atoms with van der Waals surface area (Å²) >= 11 is 5.83. The van der Waals surface area contributed by atoms with Gasteiger partial charge in [0, 0.05) is 11.9 Å². The van der Waals surface area contributed by atoms with Crippen LogP contribution in [0.4, 0.5) is 0 Å². The summed E-state index contributed by atoms with van der Waals surface area (Å²) in [5.74, 6) is 0.903. The van der Waals surface area contributed by atoms with Crippen LogP contribution in [-0.4, -0.2) is 14.5 Å². The van der Waals surface area contributed by atoms with Gasteiger partial charge >= 0.3 is 0 Å². The first-order chi connectivity index (χ1) is 7.84. The SMILES string of the molecule is Clc1ccc(-n2cnc3c2CCCC3)nc1. The minimum absolute atomic E-state index is 0.665. The van der Waals surface area contributed by atoms with Gasteiger partial charge in [0.25, 0.3) is 0 Å². The molecular formula is C12H12ClN3. The Morgan fingerprint density at radius 2 is 2.00 bits per heavy atom. The molecule has 0 bridgehead atoms. The van der Waals surface area contributed by atoms with Crippen molar-refractivity contribution in [1.29, 1.82) is 0 Å². The fourth-order valence-electron chi connectivity index (χ4n) is 2.18. The van der Waals surface area contributed by atoms with Crippen LogP contribution in [0.25, 0.3) is 5.82 Å². The van der Waals surface area contributed by atoms with E-state index in [4.69, 9.17) is 11.6 Å². The maximum absolute atomic E-state index is 5.83. The monoisotopic (exact) mass is 233 g/mol. The molecule has 0 saturated carbocycles. The first-order valence-electron chi connectivity index (χ1n) is 5.51. The summed E-state index contributed by atoms with van der Waals surface area (Å²) in [6, 6.07) is 3.79. The van der Waals surface area contributed by atoms with Crippen molar-refractivity contribution in [3.05, 3.63) is 41.1 Å². The van der Waals surface area contributed by atoms with Crippen LogP contribution in [-0.2, 0) is 12.8 Å². The van der Waals surface area contributed by atoms with Crippen molar-refractivity contribution < 1.29 is 0 Å². The average Bonchev–Trinajstić information content (AvgIpc) is 2.74. The van der Waals surface area contributed by atoms with Crippen molar-refractivity contribution in [3.63, 3.8) is 0 Å². The first-order valence-corrected chi connectivity index (χ1v) is 5.89. The zero-order chi connectivity index (χ0) is 11.0. The Morgan fingerprint density at radius 3 is 2.81 bits per heavy atom. The standard InChI is InChI=1S/C12H12ClN3/c13-9-5-6-12(14-7-9)16-8-15-10-3-1-2-4-11(10)16/h5-8H,1-4H2. The number of nitrogens with zero attached hydrogens (tertiary/aromatic N) is 3. The van der Waals surface area contributed by atoms with Crippen molar-refractivity contribution in [2.75, 3.05) is 0 Å². The maximum atomic E-state index is 5.83. The zero-order valence-electron chi connectivity index (χ0n) is 8.86. The van der Waals surface area contributed by atoms with Gasteiger partial charge in [-0.1, -0.05) is 11.6 Å². The molecule has 2 heterocycles. The van der Waals surface area contributed by atoms with Gasteiger partial charge in [-0.25, -0.2) is 9.97 Å². The molecule has 4 heteroatoms. The van der Waals surface area contributed by atoms with E-state index >= 15 is 0 Å². The predicted molar refractivity (Wildman–Crippen MR) is 63.0 cm³/mol. The first kappa shape index (κ1) is 9.85. The van der Waals surface area contributed by atoms with E-state index < -0.39 is 0 Å². The van der Waals surface area contributed by atoms with E-state index in [2.05, 4.69) is 14.5 Å². The smallest absolute Gasteiger partial charge is 0.138 e. The van der Waals surface area contributed by atoms with Crippen LogP contribution >= 0.6 is 11.6 Å². The van der Waals surface area contributed by atoms with Gasteiger partial charge in [-0.05, 0) is 37.8 Å². The lowest BCUT2D eigenvalue weighted by molar-refractivity contribution is 0.654. The molecule has 3 nitrogen and oxygen atoms in total. The Morgan fingerprint density at radius 1 is 1.12 bits per heavy atom. The lowest BCUT2D eigenvalue weighted by Gasteiger charge is -2.13. The second-order valence-corrected chi connectivity index (χ2v) is 4.49. The van der Waals surface area contributed by atoms with Crippen LogP contribution in [0.2, 0.25) is 5.02 Å². The van der Waals surface area contributed by atoms with E-state index in [1.165, 1.54) is 24.2 Å². The largest absolute Gasteiger partial charge is 0.287 e. The van der Waals surface area contributed by atoms with Gasteiger partial charge in [-0.2, -0.15) is 0 Å². The third kappa shape index (κ3) is 1.61. The van der Waals surface area contributed by atoms with E-state index in [0.29, 0.717) is 5.02 Å². The number of imidazole rings is 1. The van der Waals surface area contributed by atoms with Crippen LogP contribution in [0.15, 0.2) is 24.7 Å². The molecule has 0 aliphatic heterocycles. The molecule has 0 spiro atoms. The molecule has 16 heavy (non-hydrogen) atoms. The average molecular weight is 234 g/mol. The normalized spacial score (nSPS) is 14.8. The van der Waals surface area contributed by atoms with Crippen molar-refractivity contribution in [2.24, 2.45) is 0 Å². The molecule has 0 fully saturated rings. The molecule has 0 unspecified atom stereocenters. The molecule has 0 amide bonds. The number of hydrogen-bond donors (Lipinski definition) is 0. The molecule has 0 saturated heterocycles. The topological polar surface area (TPSA) is 30.7 Å². The quantitative estimate of drug-likeness (QED) is 0.758. The Balaban J connectivity index is 2.06. The van der Waals surface area contributed by atoms with Gasteiger partial charge in [-0.15, -0.1) is 0 Å². The van der Waals surface area contributed by atoms with E-state index in [1.54, 1.807) is 6.20 Å². The molecule has 0 radical (unpaired) electrons. The minimum Gasteiger partial charge on any atom is -0.287 e. The third-order valence-electron chi connectivity index (χ3n) is 2.99. The highest BCUT2D eigenvalue weighted by Gasteiger charge is 2.16. The second kappa shape index (κ2) is 3.91. The number of aryl methyl sites for hydroxylation is 1. The van der Waals surface area contributed by atoms with Gasteiger partial charge in [0.15, 0.2) is 0 Å². The van der Waals surface area contributed by atoms with Crippen LogP contribution in [0.1, 0.15) is 24.2 Å². The molecule has 0 aromatic carbocycles. The van der Waals surface area contributed by atoms with Gasteiger partial charge in [0.1, 0.15) is 12.1 Å². The van der Waals surface area contributed by atoms with E-state index in [1.807, 2.05) is 18.5 Å². The van der Waals surface area contributed by atoms with Crippen molar-refractivity contribution >= 4 is 11.6 Å². The number of hydrogen-bond acceptors (Lipinski definition) is 2. The number of fused-ring (bicyclic) bond motifs is 1. The van der Waals surface area contributed by atoms with Gasteiger partial charge < -0.3 is 0 Å². The van der Waals surface area contributed by atoms with Crippen molar-refractivity contribution in [1.82, 2.24) is 14.5 Å². The minimum atomic E-state index is 0.665. The molecule has 3 rings (SSSR count). The van der Waals surface area contributed by atoms with E-state index in [9.17, 15) is 0 Å². The number of pyridine rings is 1. The molecule has 2 aromatic rings. The molecule has 2 aromatic heterocycles. The summed E-state index contributed by atoms with van der Waals surface area (Å²) in [6.45, 7) is 0. The summed E-state index contributed by atoms with van der Waals surface area (Å²) in [7, 11) is 0. The van der Waals surface area contributed by atoms with Crippen molar-refractivity contribution in [2.45, 2.75) is 25.7 Å². The van der Waals surface area contributed by atoms with Gasteiger partial charge in [0.2, 0.25) is 0 Å². The zero-order valence-corrected chi connectivity index (χ0v) is 9.61. The Labute approximate surface area is 99.1 Å². The summed E-state index contributed by atoms with van der Waals surface area (Å²) < 4.78 is 2.07. The lowest BCUT2D eigenvalue weighted by Crippen LogP contribution is -2.07. The molecular weight excluding hydrogens is 222 g/mol. The summed E-state index contributed by atoms with van der Waals surface area (Å²) in [4.78, 5) is 8.77. The molecule has 82 valence electrons. The fraction of sp³-hybridized carbons (Fsp3) is 0.333. The van der Waals surface area contributed by atoms with E-state index in [-0.39, 0.29) is 0 Å². The molecule has 1 aliphatic carbocycles. The molecule has 1 aliphatic rings. The Hall–Kier alpha value is -1.35. The van der Waals surface area contributed by atoms with Crippen molar-refractivity contribution in [3.8, 4) is 5.82 Å². The van der Waals surface area contributed by atoms with Crippen LogP contribution in [0.3, 0.4) is 0 Å². The predicted octanol–water partition coefficient (Wildman–Crippen LogP) is 2.80. The van der Waals surface area contributed by atoms with Crippen LogP contribution < -0.4 is 0 Å². The molecule has 0 atom stereocenters.